The van der Waals surface area contributed by atoms with E-state index in [9.17, 15) is 26.1 Å². The zero-order valence-electron chi connectivity index (χ0n) is 16.1. The summed E-state index contributed by atoms with van der Waals surface area (Å²) in [5.74, 6) is 0. The average Bonchev–Trinajstić information content (AvgIpc) is 2.75. The minimum Gasteiger partial charge on any atom is -0.743 e. The molecule has 0 saturated heterocycles. The predicted octanol–water partition coefficient (Wildman–Crippen LogP) is 5.65. The van der Waals surface area contributed by atoms with Gasteiger partial charge in [-0.05, 0) is 42.8 Å². The Balaban J connectivity index is 0.000000252. The van der Waals surface area contributed by atoms with Crippen molar-refractivity contribution < 1.29 is 26.1 Å². The van der Waals surface area contributed by atoms with E-state index < -0.39 is 28.0 Å². The van der Waals surface area contributed by atoms with Crippen LogP contribution in [0.1, 0.15) is 13.3 Å². The molecular formula is C22H21F3O3S2. The van der Waals surface area contributed by atoms with Gasteiger partial charge in [0.05, 0.1) is 10.9 Å². The first-order valence-corrected chi connectivity index (χ1v) is 11.7. The first kappa shape index (κ1) is 24.0. The third-order valence-corrected chi connectivity index (χ3v) is 7.15. The first-order valence-electron chi connectivity index (χ1n) is 9.05. The van der Waals surface area contributed by atoms with E-state index >= 15 is 0 Å². The highest BCUT2D eigenvalue weighted by Crippen LogP contribution is 2.30. The van der Waals surface area contributed by atoms with Crippen LogP contribution in [0.4, 0.5) is 13.2 Å². The number of hydrogen-bond donors (Lipinski definition) is 0. The second-order valence-corrected chi connectivity index (χ2v) is 9.62. The Bertz CT molecular complexity index is 906. The van der Waals surface area contributed by atoms with Crippen molar-refractivity contribution in [3.8, 4) is 0 Å². The molecule has 1 unspecified atom stereocenters. The van der Waals surface area contributed by atoms with Crippen LogP contribution in [-0.2, 0) is 21.0 Å². The van der Waals surface area contributed by atoms with Crippen LogP contribution >= 0.6 is 0 Å². The van der Waals surface area contributed by atoms with Crippen LogP contribution in [0.15, 0.2) is 106 Å². The normalized spacial score (nSPS) is 12.7. The van der Waals surface area contributed by atoms with Gasteiger partial charge in [0.15, 0.2) is 31.0 Å². The van der Waals surface area contributed by atoms with Crippen LogP contribution in [-0.4, -0.2) is 24.4 Å². The molecule has 0 N–H and O–H groups in total. The van der Waals surface area contributed by atoms with Gasteiger partial charge in [-0.3, -0.25) is 0 Å². The molecule has 3 aromatic rings. The van der Waals surface area contributed by atoms with Gasteiger partial charge < -0.3 is 4.55 Å². The van der Waals surface area contributed by atoms with Gasteiger partial charge in [0.1, 0.15) is 0 Å². The second-order valence-electron chi connectivity index (χ2n) is 6.14. The molecule has 0 aromatic heterocycles. The molecule has 3 aromatic carbocycles. The standard InChI is InChI=1S/C18H15S.C4H7F3O3S/c1-4-10-16(11-5-1)19(17-12-6-2-7-13-17)18-14-8-3-9-15-18;1-2-3(5)4(6,7)11(8,9)10/h1-15H;3H,2H2,1H3,(H,8,9,10)/q+1;/p-1. The summed E-state index contributed by atoms with van der Waals surface area (Å²) < 4.78 is 65.3. The largest absolute Gasteiger partial charge is 0.743 e. The van der Waals surface area contributed by atoms with Gasteiger partial charge >= 0.3 is 5.25 Å². The molecule has 0 aliphatic rings. The highest BCUT2D eigenvalue weighted by atomic mass is 32.2. The van der Waals surface area contributed by atoms with E-state index in [4.69, 9.17) is 0 Å². The SMILES string of the molecule is CCC(F)C(F)(F)S(=O)(=O)[O-].c1ccc([S+](c2ccccc2)c2ccccc2)cc1. The summed E-state index contributed by atoms with van der Waals surface area (Å²) in [7, 11) is -5.89. The van der Waals surface area contributed by atoms with Crippen LogP contribution in [0.2, 0.25) is 0 Å². The van der Waals surface area contributed by atoms with Crippen molar-refractivity contribution in [3.05, 3.63) is 91.0 Å². The molecule has 0 heterocycles. The van der Waals surface area contributed by atoms with Crippen LogP contribution in [0.25, 0.3) is 0 Å². The lowest BCUT2D eigenvalue weighted by atomic mass is 10.3. The Morgan fingerprint density at radius 3 is 1.30 bits per heavy atom. The monoisotopic (exact) mass is 454 g/mol. The summed E-state index contributed by atoms with van der Waals surface area (Å²) >= 11 is 0. The quantitative estimate of drug-likeness (QED) is 0.357. The number of halogens is 3. The van der Waals surface area contributed by atoms with Crippen LogP contribution in [0.5, 0.6) is 0 Å². The molecule has 0 saturated carbocycles. The molecule has 3 rings (SSSR count). The van der Waals surface area contributed by atoms with Crippen molar-refractivity contribution in [2.45, 2.75) is 39.5 Å². The molecule has 0 bridgehead atoms. The number of hydrogen-bond acceptors (Lipinski definition) is 3. The number of rotatable bonds is 6. The van der Waals surface area contributed by atoms with Crippen LogP contribution in [0.3, 0.4) is 0 Å². The van der Waals surface area contributed by atoms with E-state index in [-0.39, 0.29) is 10.9 Å². The summed E-state index contributed by atoms with van der Waals surface area (Å²) in [6.45, 7) is 1.02. The van der Waals surface area contributed by atoms with Crippen molar-refractivity contribution >= 4 is 21.0 Å². The zero-order chi connectivity index (χ0) is 22.2. The van der Waals surface area contributed by atoms with Gasteiger partial charge in [-0.25, -0.2) is 12.8 Å². The lowest BCUT2D eigenvalue weighted by molar-refractivity contribution is -0.00466. The fourth-order valence-electron chi connectivity index (χ4n) is 2.47. The summed E-state index contributed by atoms with van der Waals surface area (Å²) in [6, 6.07) is 32.2. The van der Waals surface area contributed by atoms with Crippen molar-refractivity contribution in [2.24, 2.45) is 0 Å². The van der Waals surface area contributed by atoms with Gasteiger partial charge in [0.25, 0.3) is 0 Å². The van der Waals surface area contributed by atoms with Gasteiger partial charge in [-0.1, -0.05) is 61.5 Å². The van der Waals surface area contributed by atoms with Crippen molar-refractivity contribution in [2.75, 3.05) is 0 Å². The van der Waals surface area contributed by atoms with E-state index in [0.717, 1.165) is 6.92 Å². The molecule has 0 aliphatic heterocycles. The van der Waals surface area contributed by atoms with Crippen LogP contribution in [0, 0.1) is 0 Å². The Morgan fingerprint density at radius 2 is 1.10 bits per heavy atom. The highest BCUT2D eigenvalue weighted by Gasteiger charge is 2.46. The Hall–Kier alpha value is -2.29. The van der Waals surface area contributed by atoms with Gasteiger partial charge in [-0.2, -0.15) is 8.78 Å². The Kier molecular flexibility index (Phi) is 8.52. The van der Waals surface area contributed by atoms with Crippen LogP contribution < -0.4 is 0 Å². The van der Waals surface area contributed by atoms with Gasteiger partial charge in [-0.15, -0.1) is 0 Å². The lowest BCUT2D eigenvalue weighted by Gasteiger charge is -2.22. The van der Waals surface area contributed by atoms with E-state index in [0.29, 0.717) is 0 Å². The second kappa shape index (κ2) is 10.7. The number of benzene rings is 3. The van der Waals surface area contributed by atoms with E-state index in [2.05, 4.69) is 91.0 Å². The molecule has 0 aliphatic carbocycles. The average molecular weight is 455 g/mol. The molecule has 0 amide bonds. The maximum atomic E-state index is 12.1. The molecule has 0 fully saturated rings. The molecule has 0 spiro atoms. The topological polar surface area (TPSA) is 57.2 Å². The van der Waals surface area contributed by atoms with E-state index in [1.807, 2.05) is 0 Å². The van der Waals surface area contributed by atoms with Gasteiger partial charge in [0.2, 0.25) is 0 Å². The summed E-state index contributed by atoms with van der Waals surface area (Å²) in [5.41, 5.74) is 0. The molecule has 3 nitrogen and oxygen atoms in total. The number of alkyl halides is 3. The molecule has 8 heteroatoms. The van der Waals surface area contributed by atoms with Crippen molar-refractivity contribution in [1.82, 2.24) is 0 Å². The van der Waals surface area contributed by atoms with E-state index in [1.165, 1.54) is 14.7 Å². The fraction of sp³-hybridized carbons (Fsp3) is 0.182. The summed E-state index contributed by atoms with van der Waals surface area (Å²) in [6.07, 6.45) is -3.64. The predicted molar refractivity (Wildman–Crippen MR) is 111 cm³/mol. The summed E-state index contributed by atoms with van der Waals surface area (Å²) in [5, 5.41) is -4.80. The Morgan fingerprint density at radius 1 is 0.800 bits per heavy atom. The smallest absolute Gasteiger partial charge is 0.364 e. The third kappa shape index (κ3) is 6.10. The molecule has 1 atom stereocenters. The van der Waals surface area contributed by atoms with E-state index in [1.54, 1.807) is 0 Å². The first-order chi connectivity index (χ1) is 14.2. The van der Waals surface area contributed by atoms with Crippen molar-refractivity contribution in [3.63, 3.8) is 0 Å². The maximum absolute atomic E-state index is 12.1. The fourth-order valence-corrected chi connectivity index (χ4v) is 5.06. The van der Waals surface area contributed by atoms with Crippen molar-refractivity contribution in [1.29, 1.82) is 0 Å². The third-order valence-electron chi connectivity index (χ3n) is 3.99. The molecular weight excluding hydrogens is 433 g/mol. The lowest BCUT2D eigenvalue weighted by Crippen LogP contribution is -2.38. The molecule has 0 radical (unpaired) electrons. The minimum atomic E-state index is -5.87. The minimum absolute atomic E-state index is 0.0146. The molecule has 160 valence electrons. The van der Waals surface area contributed by atoms with Gasteiger partial charge in [0, 0.05) is 0 Å². The molecule has 30 heavy (non-hydrogen) atoms. The Labute approximate surface area is 177 Å². The zero-order valence-corrected chi connectivity index (χ0v) is 17.8. The highest BCUT2D eigenvalue weighted by molar-refractivity contribution is 7.97. The maximum Gasteiger partial charge on any atom is 0.364 e. The summed E-state index contributed by atoms with van der Waals surface area (Å²) in [4.78, 5) is 4.08.